The van der Waals surface area contributed by atoms with Gasteiger partial charge in [-0.2, -0.15) is 5.10 Å². The van der Waals surface area contributed by atoms with E-state index in [1.807, 2.05) is 12.1 Å². The van der Waals surface area contributed by atoms with Crippen LogP contribution in [-0.2, 0) is 16.1 Å². The van der Waals surface area contributed by atoms with E-state index in [1.165, 1.54) is 30.6 Å². The number of ether oxygens (including phenoxy) is 2. The summed E-state index contributed by atoms with van der Waals surface area (Å²) in [5.41, 5.74) is 0.888. The molecule has 0 bridgehead atoms. The number of alkyl halides is 3. The number of hydrogen-bond donors (Lipinski definition) is 2. The monoisotopic (exact) mass is 592 g/mol. The summed E-state index contributed by atoms with van der Waals surface area (Å²) in [6, 6.07) is 9.87. The van der Waals surface area contributed by atoms with Gasteiger partial charge in [-0.05, 0) is 68.1 Å². The molecule has 220 valence electrons. The molecule has 0 unspecified atom stereocenters. The number of aromatic nitrogens is 4. The quantitative estimate of drug-likeness (QED) is 0.360. The maximum Gasteiger partial charge on any atom is 0.573 e. The molecular weight excluding hydrogens is 561 g/mol. The standard InChI is InChI=1S/C26H31F3N8O3S/c1-39-22(18-8-12-36(13-9-18)15-17-4-6-20(7-5-17)40-26(27,28)29)23(38)32-25-35-34-24(41-25)31-19-10-14-37(16-19)21-3-2-11-30-33-21/h2-7,11,18-19,22H,8-10,12-16H2,1H3,(H,31,34)(H,32,35,38)/t19-,22-/m1/s1. The van der Waals surface area contributed by atoms with E-state index in [4.69, 9.17) is 4.74 Å². The molecule has 2 N–H and O–H groups in total. The Balaban J connectivity index is 1.07. The summed E-state index contributed by atoms with van der Waals surface area (Å²) in [5.74, 6) is 0.362. The SMILES string of the molecule is CO[C@@H](C(=O)Nc1nnc(N[C@@H]2CCN(c3cccnn3)C2)s1)C1CCN(Cc2ccc(OC(F)(F)F)cc2)CC1. The Kier molecular flexibility index (Phi) is 9.15. The second kappa shape index (κ2) is 13.0. The van der Waals surface area contributed by atoms with Crippen molar-refractivity contribution < 1.29 is 27.4 Å². The van der Waals surface area contributed by atoms with Crippen LogP contribution in [0, 0.1) is 5.92 Å². The van der Waals surface area contributed by atoms with E-state index >= 15 is 0 Å². The molecule has 11 nitrogen and oxygen atoms in total. The lowest BCUT2D eigenvalue weighted by Crippen LogP contribution is -2.43. The summed E-state index contributed by atoms with van der Waals surface area (Å²) < 4.78 is 46.7. The molecule has 2 aliphatic rings. The van der Waals surface area contributed by atoms with E-state index in [1.54, 1.807) is 18.3 Å². The molecule has 2 saturated heterocycles. The fourth-order valence-electron chi connectivity index (χ4n) is 5.21. The Bertz CT molecular complexity index is 1270. The number of rotatable bonds is 10. The lowest BCUT2D eigenvalue weighted by atomic mass is 9.90. The maximum atomic E-state index is 13.1. The summed E-state index contributed by atoms with van der Waals surface area (Å²) in [4.78, 5) is 17.4. The number of amides is 1. The number of carbonyl (C=O) groups excluding carboxylic acids is 1. The van der Waals surface area contributed by atoms with Gasteiger partial charge in [-0.15, -0.1) is 28.5 Å². The molecular formula is C26H31F3N8O3S. The zero-order valence-corrected chi connectivity index (χ0v) is 23.2. The van der Waals surface area contributed by atoms with E-state index in [9.17, 15) is 18.0 Å². The van der Waals surface area contributed by atoms with Gasteiger partial charge in [0.1, 0.15) is 11.9 Å². The molecule has 0 saturated carbocycles. The van der Waals surface area contributed by atoms with Crippen LogP contribution in [0.2, 0.25) is 0 Å². The zero-order chi connectivity index (χ0) is 28.8. The van der Waals surface area contributed by atoms with Crippen LogP contribution in [0.5, 0.6) is 5.75 Å². The molecule has 41 heavy (non-hydrogen) atoms. The molecule has 15 heteroatoms. The topological polar surface area (TPSA) is 118 Å². The lowest BCUT2D eigenvalue weighted by molar-refractivity contribution is -0.274. The number of hydrogen-bond acceptors (Lipinski definition) is 11. The second-order valence-corrected chi connectivity index (χ2v) is 11.0. The van der Waals surface area contributed by atoms with Crippen molar-refractivity contribution >= 4 is 33.3 Å². The highest BCUT2D eigenvalue weighted by molar-refractivity contribution is 7.19. The van der Waals surface area contributed by atoms with E-state index in [-0.39, 0.29) is 23.6 Å². The average molecular weight is 593 g/mol. The van der Waals surface area contributed by atoms with Crippen molar-refractivity contribution in [2.45, 2.75) is 44.3 Å². The van der Waals surface area contributed by atoms with Gasteiger partial charge in [-0.25, -0.2) is 0 Å². The average Bonchev–Trinajstić information content (AvgIpc) is 3.60. The van der Waals surface area contributed by atoms with Crippen molar-refractivity contribution in [1.29, 1.82) is 0 Å². The van der Waals surface area contributed by atoms with Gasteiger partial charge in [0.05, 0.1) is 0 Å². The molecule has 1 amide bonds. The number of nitrogens with zero attached hydrogens (tertiary/aromatic N) is 6. The first-order valence-electron chi connectivity index (χ1n) is 13.3. The van der Waals surface area contributed by atoms with Crippen molar-refractivity contribution in [3.8, 4) is 5.75 Å². The first kappa shape index (κ1) is 29.0. The van der Waals surface area contributed by atoms with Gasteiger partial charge in [0.15, 0.2) is 5.82 Å². The van der Waals surface area contributed by atoms with Crippen LogP contribution >= 0.6 is 11.3 Å². The van der Waals surface area contributed by atoms with Gasteiger partial charge < -0.3 is 19.7 Å². The molecule has 2 atom stereocenters. The first-order valence-corrected chi connectivity index (χ1v) is 14.1. The molecule has 2 aromatic heterocycles. The Morgan fingerprint density at radius 3 is 2.51 bits per heavy atom. The van der Waals surface area contributed by atoms with E-state index in [0.29, 0.717) is 16.8 Å². The third-order valence-corrected chi connectivity index (χ3v) is 7.96. The largest absolute Gasteiger partial charge is 0.573 e. The van der Waals surface area contributed by atoms with Gasteiger partial charge in [0.2, 0.25) is 10.3 Å². The van der Waals surface area contributed by atoms with Gasteiger partial charge in [-0.3, -0.25) is 15.0 Å². The van der Waals surface area contributed by atoms with Crippen LogP contribution in [0.15, 0.2) is 42.6 Å². The first-order chi connectivity index (χ1) is 19.8. The molecule has 0 radical (unpaired) electrons. The summed E-state index contributed by atoms with van der Waals surface area (Å²) in [7, 11) is 1.53. The molecule has 0 spiro atoms. The van der Waals surface area contributed by atoms with Gasteiger partial charge in [0.25, 0.3) is 5.91 Å². The Morgan fingerprint density at radius 2 is 1.83 bits per heavy atom. The van der Waals surface area contributed by atoms with Crippen molar-refractivity contribution in [2.24, 2.45) is 5.92 Å². The maximum absolute atomic E-state index is 13.1. The number of likely N-dealkylation sites (tertiary alicyclic amines) is 1. The van der Waals surface area contributed by atoms with Crippen molar-refractivity contribution in [3.05, 3.63) is 48.2 Å². The zero-order valence-electron chi connectivity index (χ0n) is 22.4. The third kappa shape index (κ3) is 8.01. The van der Waals surface area contributed by atoms with E-state index in [2.05, 4.69) is 45.6 Å². The molecule has 1 aromatic carbocycles. The summed E-state index contributed by atoms with van der Waals surface area (Å²) >= 11 is 1.28. The third-order valence-electron chi connectivity index (χ3n) is 7.19. The highest BCUT2D eigenvalue weighted by Crippen LogP contribution is 2.28. The minimum atomic E-state index is -4.71. The predicted octanol–water partition coefficient (Wildman–Crippen LogP) is 3.78. The minimum absolute atomic E-state index is 0.0230. The van der Waals surface area contributed by atoms with Gasteiger partial charge in [-0.1, -0.05) is 23.5 Å². The summed E-state index contributed by atoms with van der Waals surface area (Å²) in [6.45, 7) is 3.69. The van der Waals surface area contributed by atoms with Gasteiger partial charge >= 0.3 is 6.36 Å². The van der Waals surface area contributed by atoms with Crippen LogP contribution in [0.1, 0.15) is 24.8 Å². The Labute approximate surface area is 239 Å². The fourth-order valence-corrected chi connectivity index (χ4v) is 5.94. The Morgan fingerprint density at radius 1 is 1.07 bits per heavy atom. The molecule has 2 fully saturated rings. The van der Waals surface area contributed by atoms with Crippen LogP contribution in [-0.4, -0.2) is 83.0 Å². The predicted molar refractivity (Wildman–Crippen MR) is 147 cm³/mol. The number of anilines is 3. The Hall–Kier alpha value is -3.56. The number of methoxy groups -OCH3 is 1. The smallest absolute Gasteiger partial charge is 0.406 e. The van der Waals surface area contributed by atoms with Crippen LogP contribution in [0.25, 0.3) is 0 Å². The highest BCUT2D eigenvalue weighted by Gasteiger charge is 2.33. The molecule has 4 heterocycles. The number of nitrogens with one attached hydrogen (secondary N) is 2. The minimum Gasteiger partial charge on any atom is -0.406 e. The second-order valence-electron chi connectivity index (χ2n) is 10.0. The molecule has 2 aliphatic heterocycles. The molecule has 5 rings (SSSR count). The lowest BCUT2D eigenvalue weighted by Gasteiger charge is -2.34. The van der Waals surface area contributed by atoms with Crippen molar-refractivity contribution in [2.75, 3.05) is 48.8 Å². The number of piperidine rings is 1. The number of carbonyl (C=O) groups is 1. The molecule has 0 aliphatic carbocycles. The number of benzene rings is 1. The van der Waals surface area contributed by atoms with Crippen LogP contribution < -0.4 is 20.3 Å². The summed E-state index contributed by atoms with van der Waals surface area (Å²) in [5, 5.41) is 23.7. The molecule has 3 aromatic rings. The van der Waals surface area contributed by atoms with E-state index < -0.39 is 12.5 Å². The van der Waals surface area contributed by atoms with Crippen LogP contribution in [0.3, 0.4) is 0 Å². The number of halogens is 3. The summed E-state index contributed by atoms with van der Waals surface area (Å²) in [6.07, 6.45) is -1.29. The van der Waals surface area contributed by atoms with Crippen LogP contribution in [0.4, 0.5) is 29.3 Å². The van der Waals surface area contributed by atoms with E-state index in [0.717, 1.165) is 56.8 Å². The van der Waals surface area contributed by atoms with Crippen molar-refractivity contribution in [1.82, 2.24) is 25.3 Å². The van der Waals surface area contributed by atoms with Gasteiger partial charge in [0, 0.05) is 39.0 Å². The van der Waals surface area contributed by atoms with Crippen molar-refractivity contribution in [3.63, 3.8) is 0 Å². The normalized spacial score (nSPS) is 19.2. The highest BCUT2D eigenvalue weighted by atomic mass is 32.1. The fraction of sp³-hybridized carbons (Fsp3) is 0.500.